The maximum Gasteiger partial charge on any atom is 0.0438 e. The van der Waals surface area contributed by atoms with E-state index in [1.165, 1.54) is 31.2 Å². The van der Waals surface area contributed by atoms with Gasteiger partial charge in [0.1, 0.15) is 0 Å². The highest BCUT2D eigenvalue weighted by Gasteiger charge is 2.28. The lowest BCUT2D eigenvalue weighted by atomic mass is 9.75. The summed E-state index contributed by atoms with van der Waals surface area (Å²) in [6.45, 7) is 7.05. The van der Waals surface area contributed by atoms with Crippen molar-refractivity contribution in [2.75, 3.05) is 0 Å². The molecule has 1 aromatic carbocycles. The highest BCUT2D eigenvalue weighted by atomic mass is 35.5. The molecule has 2 rings (SSSR count). The Morgan fingerprint density at radius 1 is 1.37 bits per heavy atom. The van der Waals surface area contributed by atoms with Crippen LogP contribution in [0.3, 0.4) is 0 Å². The lowest BCUT2D eigenvalue weighted by molar-refractivity contribution is 0.190. The van der Waals surface area contributed by atoms with Gasteiger partial charge in [-0.15, -0.1) is 0 Å². The van der Waals surface area contributed by atoms with Crippen molar-refractivity contribution in [1.29, 1.82) is 0 Å². The lowest BCUT2D eigenvalue weighted by Crippen LogP contribution is -2.42. The first kappa shape index (κ1) is 14.9. The van der Waals surface area contributed by atoms with Crippen LogP contribution in [-0.2, 0) is 6.42 Å². The van der Waals surface area contributed by atoms with Crippen molar-refractivity contribution in [3.05, 3.63) is 34.9 Å². The standard InChI is InChI=1S/C17H26ClN/c1-13(11-14-7-4-5-9-16(14)18)19-15-8-6-10-17(2,3)12-15/h4-5,7,9,13,15,19H,6,8,10-12H2,1-3H3. The number of nitrogens with one attached hydrogen (secondary N) is 1. The summed E-state index contributed by atoms with van der Waals surface area (Å²) < 4.78 is 0. The van der Waals surface area contributed by atoms with Crippen LogP contribution in [0.1, 0.15) is 52.0 Å². The van der Waals surface area contributed by atoms with E-state index in [-0.39, 0.29) is 0 Å². The van der Waals surface area contributed by atoms with Gasteiger partial charge >= 0.3 is 0 Å². The van der Waals surface area contributed by atoms with Crippen molar-refractivity contribution in [2.45, 2.75) is 65.0 Å². The minimum Gasteiger partial charge on any atom is -0.311 e. The van der Waals surface area contributed by atoms with Gasteiger partial charge in [0.05, 0.1) is 0 Å². The van der Waals surface area contributed by atoms with Gasteiger partial charge in [-0.05, 0) is 49.7 Å². The molecule has 1 aliphatic rings. The van der Waals surface area contributed by atoms with Gasteiger partial charge in [-0.1, -0.05) is 50.1 Å². The Kier molecular flexibility index (Phi) is 4.92. The predicted octanol–water partition coefficient (Wildman–Crippen LogP) is 4.83. The molecule has 0 amide bonds. The van der Waals surface area contributed by atoms with E-state index >= 15 is 0 Å². The van der Waals surface area contributed by atoms with Gasteiger partial charge in [0.25, 0.3) is 0 Å². The highest BCUT2D eigenvalue weighted by Crippen LogP contribution is 2.35. The van der Waals surface area contributed by atoms with Crippen LogP contribution in [0.5, 0.6) is 0 Å². The molecule has 0 bridgehead atoms. The van der Waals surface area contributed by atoms with Gasteiger partial charge < -0.3 is 5.32 Å². The average Bonchev–Trinajstić information content (AvgIpc) is 2.30. The molecule has 1 saturated carbocycles. The van der Waals surface area contributed by atoms with Crippen molar-refractivity contribution in [1.82, 2.24) is 5.32 Å². The molecular weight excluding hydrogens is 254 g/mol. The molecule has 106 valence electrons. The van der Waals surface area contributed by atoms with E-state index in [1.807, 2.05) is 12.1 Å². The zero-order valence-electron chi connectivity index (χ0n) is 12.4. The van der Waals surface area contributed by atoms with Gasteiger partial charge in [0, 0.05) is 17.1 Å². The first-order valence-electron chi connectivity index (χ1n) is 7.46. The summed E-state index contributed by atoms with van der Waals surface area (Å²) in [5.41, 5.74) is 1.75. The molecular formula is C17H26ClN. The average molecular weight is 280 g/mol. The Balaban J connectivity index is 1.88. The summed E-state index contributed by atoms with van der Waals surface area (Å²) >= 11 is 6.23. The van der Waals surface area contributed by atoms with Gasteiger partial charge in [-0.25, -0.2) is 0 Å². The van der Waals surface area contributed by atoms with Crippen LogP contribution in [0.15, 0.2) is 24.3 Å². The highest BCUT2D eigenvalue weighted by molar-refractivity contribution is 6.31. The van der Waals surface area contributed by atoms with Crippen molar-refractivity contribution in [3.8, 4) is 0 Å². The van der Waals surface area contributed by atoms with E-state index in [9.17, 15) is 0 Å². The van der Waals surface area contributed by atoms with E-state index in [2.05, 4.69) is 38.2 Å². The summed E-state index contributed by atoms with van der Waals surface area (Å²) in [4.78, 5) is 0. The van der Waals surface area contributed by atoms with Gasteiger partial charge in [-0.2, -0.15) is 0 Å². The zero-order chi connectivity index (χ0) is 13.9. The molecule has 1 fully saturated rings. The van der Waals surface area contributed by atoms with Gasteiger partial charge in [0.2, 0.25) is 0 Å². The molecule has 0 saturated heterocycles. The quantitative estimate of drug-likeness (QED) is 0.832. The Bertz CT molecular complexity index is 413. The molecule has 1 nitrogen and oxygen atoms in total. The van der Waals surface area contributed by atoms with Crippen LogP contribution in [0.25, 0.3) is 0 Å². The van der Waals surface area contributed by atoms with Crippen LogP contribution < -0.4 is 5.32 Å². The number of hydrogen-bond donors (Lipinski definition) is 1. The Labute approximate surface area is 122 Å². The minimum absolute atomic E-state index is 0.485. The third-order valence-corrected chi connectivity index (χ3v) is 4.58. The Morgan fingerprint density at radius 2 is 2.11 bits per heavy atom. The SMILES string of the molecule is CC(Cc1ccccc1Cl)NC1CCCC(C)(C)C1. The van der Waals surface area contributed by atoms with Crippen LogP contribution in [0.2, 0.25) is 5.02 Å². The smallest absolute Gasteiger partial charge is 0.0438 e. The van der Waals surface area contributed by atoms with Crippen LogP contribution in [0, 0.1) is 5.41 Å². The molecule has 1 N–H and O–H groups in total. The van der Waals surface area contributed by atoms with Crippen molar-refractivity contribution < 1.29 is 0 Å². The molecule has 0 aromatic heterocycles. The number of rotatable bonds is 4. The van der Waals surface area contributed by atoms with E-state index in [1.54, 1.807) is 0 Å². The number of halogens is 1. The first-order chi connectivity index (χ1) is 8.96. The number of benzene rings is 1. The largest absolute Gasteiger partial charge is 0.311 e. The molecule has 0 spiro atoms. The second-order valence-electron chi connectivity index (χ2n) is 6.82. The van der Waals surface area contributed by atoms with Crippen LogP contribution in [-0.4, -0.2) is 12.1 Å². The third kappa shape index (κ3) is 4.50. The summed E-state index contributed by atoms with van der Waals surface area (Å²) in [5, 5.41) is 4.68. The summed E-state index contributed by atoms with van der Waals surface area (Å²) in [7, 11) is 0. The summed E-state index contributed by atoms with van der Waals surface area (Å²) in [6.07, 6.45) is 6.33. The fourth-order valence-electron chi connectivity index (χ4n) is 3.30. The lowest BCUT2D eigenvalue weighted by Gasteiger charge is -2.37. The van der Waals surface area contributed by atoms with Crippen LogP contribution in [0.4, 0.5) is 0 Å². The monoisotopic (exact) mass is 279 g/mol. The van der Waals surface area contributed by atoms with E-state index < -0.39 is 0 Å². The van der Waals surface area contributed by atoms with E-state index in [0.29, 0.717) is 17.5 Å². The molecule has 0 aliphatic heterocycles. The third-order valence-electron chi connectivity index (χ3n) is 4.21. The maximum atomic E-state index is 6.23. The molecule has 2 heteroatoms. The summed E-state index contributed by atoms with van der Waals surface area (Å²) in [5.74, 6) is 0. The first-order valence-corrected chi connectivity index (χ1v) is 7.83. The fourth-order valence-corrected chi connectivity index (χ4v) is 3.51. The second kappa shape index (κ2) is 6.28. The summed E-state index contributed by atoms with van der Waals surface area (Å²) in [6, 6.07) is 9.32. The topological polar surface area (TPSA) is 12.0 Å². The van der Waals surface area contributed by atoms with Crippen molar-refractivity contribution in [3.63, 3.8) is 0 Å². The van der Waals surface area contributed by atoms with E-state index in [4.69, 9.17) is 11.6 Å². The molecule has 2 unspecified atom stereocenters. The predicted molar refractivity (Wildman–Crippen MR) is 83.8 cm³/mol. The molecule has 2 atom stereocenters. The zero-order valence-corrected chi connectivity index (χ0v) is 13.1. The van der Waals surface area contributed by atoms with Crippen LogP contribution >= 0.6 is 11.6 Å². The van der Waals surface area contributed by atoms with E-state index in [0.717, 1.165) is 11.4 Å². The Hall–Kier alpha value is -0.530. The maximum absolute atomic E-state index is 6.23. The van der Waals surface area contributed by atoms with Gasteiger partial charge in [0.15, 0.2) is 0 Å². The fraction of sp³-hybridized carbons (Fsp3) is 0.647. The van der Waals surface area contributed by atoms with Crippen molar-refractivity contribution >= 4 is 11.6 Å². The number of hydrogen-bond acceptors (Lipinski definition) is 1. The minimum atomic E-state index is 0.485. The molecule has 0 radical (unpaired) electrons. The molecule has 1 aromatic rings. The molecule has 0 heterocycles. The van der Waals surface area contributed by atoms with Gasteiger partial charge in [-0.3, -0.25) is 0 Å². The normalized spacial score (nSPS) is 24.1. The Morgan fingerprint density at radius 3 is 2.79 bits per heavy atom. The van der Waals surface area contributed by atoms with Crippen molar-refractivity contribution in [2.24, 2.45) is 5.41 Å². The molecule has 19 heavy (non-hydrogen) atoms. The second-order valence-corrected chi connectivity index (χ2v) is 7.23. The molecule has 1 aliphatic carbocycles.